The summed E-state index contributed by atoms with van der Waals surface area (Å²) in [7, 11) is -1.22. The molecule has 0 fully saturated rings. The number of nitrogens with zero attached hydrogens (tertiary/aromatic N) is 4. The van der Waals surface area contributed by atoms with Crippen LogP contribution < -0.4 is 0 Å². The van der Waals surface area contributed by atoms with Gasteiger partial charge in [-0.2, -0.15) is 4.99 Å². The number of carboxylic acid groups (broad SMARTS) is 1. The van der Waals surface area contributed by atoms with E-state index in [2.05, 4.69) is 15.2 Å². The molecule has 0 aliphatic carbocycles. The van der Waals surface area contributed by atoms with Crippen LogP contribution in [0.2, 0.25) is 0 Å². The van der Waals surface area contributed by atoms with Gasteiger partial charge in [-0.25, -0.2) is 18.0 Å². The number of carbonyl (C=O) groups is 2. The molecular formula is C10H16N4O5S2. The summed E-state index contributed by atoms with van der Waals surface area (Å²) >= 11 is 0.343. The van der Waals surface area contributed by atoms with E-state index in [-0.39, 0.29) is 16.8 Å². The maximum atomic E-state index is 12.3. The number of amides is 2. The third-order valence-corrected chi connectivity index (χ3v) is 6.42. The summed E-state index contributed by atoms with van der Waals surface area (Å²) in [5.41, 5.74) is 0. The van der Waals surface area contributed by atoms with Gasteiger partial charge in [-0.3, -0.25) is 0 Å². The minimum atomic E-state index is -4.11. The molecule has 0 bridgehead atoms. The number of carbonyl (C=O) groups excluding carboxylic acids is 1. The topological polar surface area (TPSA) is 129 Å². The molecule has 21 heavy (non-hydrogen) atoms. The van der Waals surface area contributed by atoms with Crippen LogP contribution in [0.15, 0.2) is 15.2 Å². The van der Waals surface area contributed by atoms with Crippen molar-refractivity contribution < 1.29 is 23.1 Å². The first-order valence-electron chi connectivity index (χ1n) is 5.89. The average Bonchev–Trinajstić information content (AvgIpc) is 2.72. The molecule has 0 saturated carbocycles. The molecule has 9 nitrogen and oxygen atoms in total. The van der Waals surface area contributed by atoms with Crippen LogP contribution in [0.5, 0.6) is 0 Å². The zero-order valence-corrected chi connectivity index (χ0v) is 13.6. The summed E-state index contributed by atoms with van der Waals surface area (Å²) < 4.78 is 22.1. The van der Waals surface area contributed by atoms with Crippen molar-refractivity contribution in [1.29, 1.82) is 0 Å². The molecule has 1 rings (SSSR count). The van der Waals surface area contributed by atoms with Gasteiger partial charge in [0, 0.05) is 14.1 Å². The molecule has 118 valence electrons. The number of sulfone groups is 1. The van der Waals surface area contributed by atoms with E-state index in [4.69, 9.17) is 0 Å². The van der Waals surface area contributed by atoms with Crippen LogP contribution in [-0.4, -0.2) is 59.6 Å². The van der Waals surface area contributed by atoms with Gasteiger partial charge in [0.25, 0.3) is 0 Å². The fourth-order valence-electron chi connectivity index (χ4n) is 1.40. The van der Waals surface area contributed by atoms with E-state index < -0.39 is 26.0 Å². The van der Waals surface area contributed by atoms with Crippen molar-refractivity contribution in [3.8, 4) is 0 Å². The van der Waals surface area contributed by atoms with Crippen molar-refractivity contribution in [1.82, 2.24) is 4.90 Å². The second-order valence-corrected chi connectivity index (χ2v) is 8.51. The second kappa shape index (κ2) is 6.10. The van der Waals surface area contributed by atoms with Crippen molar-refractivity contribution in [3.63, 3.8) is 0 Å². The van der Waals surface area contributed by atoms with Crippen molar-refractivity contribution in [3.05, 3.63) is 0 Å². The van der Waals surface area contributed by atoms with Gasteiger partial charge in [0.2, 0.25) is 5.17 Å². The molecule has 0 aromatic rings. The van der Waals surface area contributed by atoms with Gasteiger partial charge in [-0.15, -0.1) is 10.2 Å². The van der Waals surface area contributed by atoms with E-state index in [1.807, 2.05) is 0 Å². The molecule has 1 aliphatic rings. The standard InChI is InChI=1S/C10H16N4O5S2/c1-6(2)5-21(18,19)10(7(15)16)13-12-8(20-10)11-9(17)14(3)4/h6H,5H2,1-4H3,(H,15,16). The van der Waals surface area contributed by atoms with Crippen LogP contribution >= 0.6 is 11.8 Å². The third kappa shape index (κ3) is 3.59. The summed E-state index contributed by atoms with van der Waals surface area (Å²) in [5, 5.41) is 15.8. The summed E-state index contributed by atoms with van der Waals surface area (Å²) in [6.07, 6.45) is 0. The van der Waals surface area contributed by atoms with Crippen LogP contribution in [0, 0.1) is 5.92 Å². The van der Waals surface area contributed by atoms with E-state index in [1.54, 1.807) is 13.8 Å². The lowest BCUT2D eigenvalue weighted by Gasteiger charge is -2.19. The molecular weight excluding hydrogens is 320 g/mol. The largest absolute Gasteiger partial charge is 0.478 e. The highest BCUT2D eigenvalue weighted by Gasteiger charge is 2.57. The predicted molar refractivity (Wildman–Crippen MR) is 78.0 cm³/mol. The minimum absolute atomic E-state index is 0.272. The van der Waals surface area contributed by atoms with E-state index in [0.29, 0.717) is 11.8 Å². The van der Waals surface area contributed by atoms with Crippen molar-refractivity contribution in [2.24, 2.45) is 21.1 Å². The Balaban J connectivity index is 3.17. The first-order chi connectivity index (χ1) is 9.52. The smallest absolute Gasteiger partial charge is 0.360 e. The third-order valence-electron chi connectivity index (χ3n) is 2.32. The molecule has 0 aromatic heterocycles. The number of rotatable bonds is 4. The van der Waals surface area contributed by atoms with Gasteiger partial charge in [0.05, 0.1) is 5.75 Å². The minimum Gasteiger partial charge on any atom is -0.478 e. The number of aliphatic carboxylic acids is 1. The first kappa shape index (κ1) is 17.6. The SMILES string of the molecule is CC(C)CS(=O)(=O)C1(C(=O)O)N=NC(=NC(=O)N(C)C)S1. The van der Waals surface area contributed by atoms with Gasteiger partial charge in [0.1, 0.15) is 0 Å². The summed E-state index contributed by atoms with van der Waals surface area (Å²) in [6, 6.07) is -0.682. The summed E-state index contributed by atoms with van der Waals surface area (Å²) in [4.78, 5) is 27.5. The van der Waals surface area contributed by atoms with Crippen molar-refractivity contribution in [2.45, 2.75) is 18.1 Å². The van der Waals surface area contributed by atoms with Gasteiger partial charge in [-0.1, -0.05) is 13.8 Å². The number of urea groups is 1. The molecule has 0 radical (unpaired) electrons. The fourth-order valence-corrected chi connectivity index (χ4v) is 4.49. The number of azo groups is 1. The number of aliphatic imine (C=N–C) groups is 1. The molecule has 2 amide bonds. The van der Waals surface area contributed by atoms with E-state index in [1.165, 1.54) is 14.1 Å². The maximum absolute atomic E-state index is 12.3. The molecule has 0 aromatic carbocycles. The van der Waals surface area contributed by atoms with E-state index in [9.17, 15) is 23.1 Å². The Morgan fingerprint density at radius 1 is 1.43 bits per heavy atom. The Bertz CT molecular complexity index is 611. The summed E-state index contributed by atoms with van der Waals surface area (Å²) in [5.74, 6) is -2.29. The van der Waals surface area contributed by atoms with Crippen LogP contribution in [0.1, 0.15) is 13.8 Å². The van der Waals surface area contributed by atoms with Crippen LogP contribution in [0.25, 0.3) is 0 Å². The van der Waals surface area contributed by atoms with Gasteiger partial charge >= 0.3 is 16.2 Å². The zero-order valence-electron chi connectivity index (χ0n) is 12.0. The fraction of sp³-hybridized carbons (Fsp3) is 0.700. The Morgan fingerprint density at radius 2 is 2.00 bits per heavy atom. The Labute approximate surface area is 126 Å². The zero-order chi connectivity index (χ0) is 16.4. The lowest BCUT2D eigenvalue weighted by molar-refractivity contribution is -0.137. The maximum Gasteiger partial charge on any atom is 0.360 e. The quantitative estimate of drug-likeness (QED) is 0.816. The Hall–Kier alpha value is -1.49. The predicted octanol–water partition coefficient (Wildman–Crippen LogP) is 1.03. The Kier molecular flexibility index (Phi) is 5.10. The van der Waals surface area contributed by atoms with Crippen LogP contribution in [0.4, 0.5) is 4.79 Å². The molecule has 1 unspecified atom stereocenters. The number of hydrogen-bond donors (Lipinski definition) is 1. The van der Waals surface area contributed by atoms with Crippen LogP contribution in [-0.2, 0) is 14.6 Å². The molecule has 1 aliphatic heterocycles. The molecule has 0 spiro atoms. The highest BCUT2D eigenvalue weighted by molar-refractivity contribution is 8.25. The normalized spacial score (nSPS) is 23.8. The number of amidine groups is 1. The van der Waals surface area contributed by atoms with E-state index >= 15 is 0 Å². The monoisotopic (exact) mass is 336 g/mol. The molecule has 1 heterocycles. The number of thioether (sulfide) groups is 1. The van der Waals surface area contributed by atoms with Crippen LogP contribution in [0.3, 0.4) is 0 Å². The Morgan fingerprint density at radius 3 is 2.43 bits per heavy atom. The lowest BCUT2D eigenvalue weighted by Crippen LogP contribution is -2.42. The molecule has 1 N–H and O–H groups in total. The van der Waals surface area contributed by atoms with Gasteiger partial charge in [-0.05, 0) is 17.7 Å². The average molecular weight is 336 g/mol. The summed E-state index contributed by atoms with van der Waals surface area (Å²) in [6.45, 7) is 3.29. The molecule has 0 saturated heterocycles. The highest BCUT2D eigenvalue weighted by Crippen LogP contribution is 2.41. The highest BCUT2D eigenvalue weighted by atomic mass is 32.3. The molecule has 1 atom stereocenters. The number of hydrogen-bond acceptors (Lipinski definition) is 6. The van der Waals surface area contributed by atoms with Gasteiger partial charge in [0.15, 0.2) is 9.84 Å². The number of carboxylic acids is 1. The second-order valence-electron chi connectivity index (χ2n) is 4.94. The van der Waals surface area contributed by atoms with Crippen molar-refractivity contribution >= 4 is 38.8 Å². The van der Waals surface area contributed by atoms with Gasteiger partial charge < -0.3 is 10.0 Å². The van der Waals surface area contributed by atoms with E-state index in [0.717, 1.165) is 4.90 Å². The lowest BCUT2D eigenvalue weighted by atomic mass is 10.3. The first-order valence-corrected chi connectivity index (χ1v) is 8.36. The van der Waals surface area contributed by atoms with Crippen molar-refractivity contribution in [2.75, 3.05) is 19.8 Å². The molecule has 11 heteroatoms.